The summed E-state index contributed by atoms with van der Waals surface area (Å²) >= 11 is 0. The maximum absolute atomic E-state index is 12.5. The van der Waals surface area contributed by atoms with E-state index in [0.717, 1.165) is 5.56 Å². The molecule has 1 rings (SSSR count). The van der Waals surface area contributed by atoms with Crippen LogP contribution in [-0.2, 0) is 19.4 Å². The lowest BCUT2D eigenvalue weighted by Crippen LogP contribution is -2.42. The zero-order chi connectivity index (χ0) is 16.7. The van der Waals surface area contributed by atoms with Crippen molar-refractivity contribution in [3.63, 3.8) is 0 Å². The number of rotatable bonds is 3. The summed E-state index contributed by atoms with van der Waals surface area (Å²) in [6, 6.07) is 7.01. The molecule has 1 aromatic rings. The molecule has 0 fully saturated rings. The fourth-order valence-electron chi connectivity index (χ4n) is 1.57. The summed E-state index contributed by atoms with van der Waals surface area (Å²) in [5, 5.41) is -0.147. The van der Waals surface area contributed by atoms with Gasteiger partial charge in [0.2, 0.25) is 8.32 Å². The average molecular weight is 329 g/mol. The fraction of sp³-hybridized carbons (Fsp3) is 0.625. The molecule has 0 unspecified atom stereocenters. The monoisotopic (exact) mass is 328 g/mol. The van der Waals surface area contributed by atoms with Crippen molar-refractivity contribution in [2.24, 2.45) is 0 Å². The minimum atomic E-state index is -3.70. The number of hydrogen-bond acceptors (Lipinski definition) is 3. The third-order valence-electron chi connectivity index (χ3n) is 4.13. The molecule has 0 aliphatic carbocycles. The molecule has 0 saturated heterocycles. The van der Waals surface area contributed by atoms with Crippen LogP contribution in [-0.4, -0.2) is 16.7 Å². The Bertz CT molecular complexity index is 588. The minimum Gasteiger partial charge on any atom is -0.311 e. The van der Waals surface area contributed by atoms with Crippen LogP contribution in [0.15, 0.2) is 29.2 Å². The van der Waals surface area contributed by atoms with Crippen LogP contribution in [0.4, 0.5) is 0 Å². The summed E-state index contributed by atoms with van der Waals surface area (Å²) in [6.45, 7) is 16.3. The molecule has 120 valence electrons. The molecule has 0 bridgehead atoms. The van der Waals surface area contributed by atoms with Crippen LogP contribution in [0.5, 0.6) is 0 Å². The maximum Gasteiger partial charge on any atom is 0.287 e. The van der Waals surface area contributed by atoms with Crippen molar-refractivity contribution in [2.45, 2.75) is 70.0 Å². The zero-order valence-corrected chi connectivity index (χ0v) is 16.3. The van der Waals surface area contributed by atoms with Crippen LogP contribution in [0.1, 0.15) is 47.1 Å². The van der Waals surface area contributed by atoms with Gasteiger partial charge in [-0.2, -0.15) is 8.42 Å². The first-order chi connectivity index (χ1) is 9.17. The highest BCUT2D eigenvalue weighted by molar-refractivity contribution is 7.87. The molecular weight excluding hydrogens is 300 g/mol. The van der Waals surface area contributed by atoms with Gasteiger partial charge in [0.1, 0.15) is 0 Å². The van der Waals surface area contributed by atoms with E-state index < -0.39 is 18.4 Å². The van der Waals surface area contributed by atoms with Crippen LogP contribution in [0.3, 0.4) is 0 Å². The Kier molecular flexibility index (Phi) is 4.84. The summed E-state index contributed by atoms with van der Waals surface area (Å²) in [6.07, 6.45) is 0. The summed E-state index contributed by atoms with van der Waals surface area (Å²) in [5.74, 6) is 0. The Morgan fingerprint density at radius 1 is 0.905 bits per heavy atom. The van der Waals surface area contributed by atoms with Gasteiger partial charge in [0.25, 0.3) is 10.1 Å². The van der Waals surface area contributed by atoms with E-state index in [1.54, 1.807) is 12.1 Å². The van der Waals surface area contributed by atoms with Gasteiger partial charge in [0.05, 0.1) is 4.90 Å². The molecule has 0 radical (unpaired) electrons. The van der Waals surface area contributed by atoms with E-state index in [4.69, 9.17) is 3.87 Å². The van der Waals surface area contributed by atoms with Crippen LogP contribution < -0.4 is 0 Å². The molecule has 0 amide bonds. The average Bonchev–Trinajstić information content (AvgIpc) is 2.25. The first kappa shape index (κ1) is 18.4. The molecule has 21 heavy (non-hydrogen) atoms. The van der Waals surface area contributed by atoms with Gasteiger partial charge >= 0.3 is 0 Å². The molecule has 0 atom stereocenters. The Morgan fingerprint density at radius 2 is 1.33 bits per heavy atom. The Hall–Kier alpha value is -0.653. The Labute approximate surface area is 131 Å². The second kappa shape index (κ2) is 5.52. The van der Waals surface area contributed by atoms with Crippen LogP contribution >= 0.6 is 0 Å². The molecule has 0 N–H and O–H groups in total. The minimum absolute atomic E-state index is 0.00256. The predicted octanol–water partition coefficient (Wildman–Crippen LogP) is 4.69. The van der Waals surface area contributed by atoms with Crippen molar-refractivity contribution in [1.82, 2.24) is 0 Å². The molecular formula is C16H28O3SSi. The van der Waals surface area contributed by atoms with E-state index in [0.29, 0.717) is 0 Å². The van der Waals surface area contributed by atoms with E-state index in [-0.39, 0.29) is 15.3 Å². The summed E-state index contributed by atoms with van der Waals surface area (Å²) in [4.78, 5) is 0.236. The highest BCUT2D eigenvalue weighted by atomic mass is 32.2. The lowest BCUT2D eigenvalue weighted by Gasteiger charge is -2.35. The molecule has 3 nitrogen and oxygen atoms in total. The lowest BCUT2D eigenvalue weighted by molar-refractivity contribution is 0.456. The van der Waals surface area contributed by atoms with Gasteiger partial charge in [0.15, 0.2) is 0 Å². The third-order valence-corrected chi connectivity index (χ3v) is 11.1. The largest absolute Gasteiger partial charge is 0.311 e. The third kappa shape index (κ3) is 4.41. The normalized spacial score (nSPS) is 14.3. The quantitative estimate of drug-likeness (QED) is 0.756. The topological polar surface area (TPSA) is 43.4 Å². The molecule has 0 spiro atoms. The van der Waals surface area contributed by atoms with Gasteiger partial charge < -0.3 is 3.87 Å². The van der Waals surface area contributed by atoms with Gasteiger partial charge in [-0.3, -0.25) is 0 Å². The lowest BCUT2D eigenvalue weighted by atomic mass is 9.87. The van der Waals surface area contributed by atoms with E-state index in [1.165, 1.54) is 0 Å². The Morgan fingerprint density at radius 3 is 1.67 bits per heavy atom. The van der Waals surface area contributed by atoms with Crippen molar-refractivity contribution in [3.8, 4) is 0 Å². The van der Waals surface area contributed by atoms with Crippen LogP contribution in [0.25, 0.3) is 0 Å². The van der Waals surface area contributed by atoms with E-state index >= 15 is 0 Å². The maximum atomic E-state index is 12.5. The van der Waals surface area contributed by atoms with Crippen molar-refractivity contribution < 1.29 is 12.3 Å². The van der Waals surface area contributed by atoms with Crippen molar-refractivity contribution in [3.05, 3.63) is 29.8 Å². The molecule has 0 aromatic heterocycles. The van der Waals surface area contributed by atoms with E-state index in [1.807, 2.05) is 46.0 Å². The number of benzene rings is 1. The number of hydrogen-bond donors (Lipinski definition) is 0. The second-order valence-electron chi connectivity index (χ2n) is 8.07. The first-order valence-corrected chi connectivity index (χ1v) is 11.5. The van der Waals surface area contributed by atoms with Gasteiger partial charge in [-0.25, -0.2) is 0 Å². The molecule has 0 aliphatic rings. The molecule has 0 heterocycles. The van der Waals surface area contributed by atoms with Gasteiger partial charge in [-0.15, -0.1) is 0 Å². The summed E-state index contributed by atoms with van der Waals surface area (Å²) < 4.78 is 30.5. The summed E-state index contributed by atoms with van der Waals surface area (Å²) in [5.41, 5.74) is 1.11. The molecule has 0 aliphatic heterocycles. The second-order valence-corrected chi connectivity index (χ2v) is 14.6. The highest BCUT2D eigenvalue weighted by Gasteiger charge is 2.41. The van der Waals surface area contributed by atoms with E-state index in [2.05, 4.69) is 20.8 Å². The van der Waals surface area contributed by atoms with Crippen molar-refractivity contribution in [1.29, 1.82) is 0 Å². The first-order valence-electron chi connectivity index (χ1n) is 7.23. The SMILES string of the molecule is CC(C)(C)c1ccc(S(=O)(=O)O[Si](C)(C)C(C)(C)C)cc1. The zero-order valence-electron chi connectivity index (χ0n) is 14.4. The van der Waals surface area contributed by atoms with Crippen LogP contribution in [0, 0.1) is 0 Å². The fourth-order valence-corrected chi connectivity index (χ4v) is 5.62. The van der Waals surface area contributed by atoms with Crippen LogP contribution in [0.2, 0.25) is 18.1 Å². The molecule has 5 heteroatoms. The van der Waals surface area contributed by atoms with Crippen molar-refractivity contribution >= 4 is 18.4 Å². The smallest absolute Gasteiger partial charge is 0.287 e. The molecule has 1 aromatic carbocycles. The van der Waals surface area contributed by atoms with E-state index in [9.17, 15) is 8.42 Å². The predicted molar refractivity (Wildman–Crippen MR) is 90.6 cm³/mol. The summed E-state index contributed by atoms with van der Waals surface area (Å²) in [7, 11) is -6.06. The van der Waals surface area contributed by atoms with Gasteiger partial charge in [-0.1, -0.05) is 53.7 Å². The highest BCUT2D eigenvalue weighted by Crippen LogP contribution is 2.38. The molecule has 0 saturated carbocycles. The van der Waals surface area contributed by atoms with Crippen molar-refractivity contribution in [2.75, 3.05) is 0 Å². The van der Waals surface area contributed by atoms with Gasteiger partial charge in [-0.05, 0) is 41.2 Å². The Balaban J connectivity index is 3.10. The van der Waals surface area contributed by atoms with Gasteiger partial charge in [0, 0.05) is 0 Å². The standard InChI is InChI=1S/C16H28O3SSi/c1-15(2,3)13-9-11-14(12-10-13)20(17,18)19-21(7,8)16(4,5)6/h9-12H,1-8H3.